The van der Waals surface area contributed by atoms with Crippen LogP contribution in [0.5, 0.6) is 0 Å². The average Bonchev–Trinajstić information content (AvgIpc) is 2.77. The van der Waals surface area contributed by atoms with Crippen molar-refractivity contribution in [3.05, 3.63) is 11.6 Å². The molecule has 0 aliphatic heterocycles. The van der Waals surface area contributed by atoms with Crippen LogP contribution in [0.1, 0.15) is 79.6 Å². The summed E-state index contributed by atoms with van der Waals surface area (Å²) in [6, 6.07) is 0. The third-order valence-corrected chi connectivity index (χ3v) is 9.86. The molecule has 0 bridgehead atoms. The quantitative estimate of drug-likeness (QED) is 0.643. The van der Waals surface area contributed by atoms with Crippen molar-refractivity contribution in [1.82, 2.24) is 0 Å². The van der Waals surface area contributed by atoms with Crippen LogP contribution in [0.3, 0.4) is 0 Å². The Balaban J connectivity index is 1.72. The highest BCUT2D eigenvalue weighted by molar-refractivity contribution is 5.91. The fourth-order valence-corrected chi connectivity index (χ4v) is 7.89. The fourth-order valence-electron chi connectivity index (χ4n) is 7.89. The number of carbonyl (C=O) groups is 2. The molecule has 0 aromatic carbocycles. The summed E-state index contributed by atoms with van der Waals surface area (Å²) in [6.45, 7) is 11.3. The van der Waals surface area contributed by atoms with Crippen molar-refractivity contribution in [2.45, 2.75) is 79.6 Å². The summed E-state index contributed by atoms with van der Waals surface area (Å²) >= 11 is 0. The van der Waals surface area contributed by atoms with Gasteiger partial charge in [-0.3, -0.25) is 9.59 Å². The summed E-state index contributed by atoms with van der Waals surface area (Å²) < 4.78 is 0. The molecule has 3 fully saturated rings. The van der Waals surface area contributed by atoms with Crippen LogP contribution in [0.2, 0.25) is 0 Å². The molecule has 4 aliphatic rings. The zero-order valence-electron chi connectivity index (χ0n) is 16.7. The van der Waals surface area contributed by atoms with E-state index < -0.39 is 0 Å². The third-order valence-electron chi connectivity index (χ3n) is 9.86. The van der Waals surface area contributed by atoms with Gasteiger partial charge in [0, 0.05) is 11.8 Å². The lowest BCUT2D eigenvalue weighted by Gasteiger charge is -2.59. The van der Waals surface area contributed by atoms with Crippen LogP contribution >= 0.6 is 0 Å². The van der Waals surface area contributed by atoms with E-state index in [1.807, 2.05) is 13.0 Å². The molecule has 3 saturated carbocycles. The van der Waals surface area contributed by atoms with Gasteiger partial charge in [-0.15, -0.1) is 0 Å². The first-order valence-corrected chi connectivity index (χ1v) is 10.4. The first-order valence-electron chi connectivity index (χ1n) is 10.4. The van der Waals surface area contributed by atoms with E-state index in [9.17, 15) is 9.59 Å². The van der Waals surface area contributed by atoms with Gasteiger partial charge >= 0.3 is 0 Å². The van der Waals surface area contributed by atoms with Crippen molar-refractivity contribution in [2.75, 3.05) is 0 Å². The van der Waals surface area contributed by atoms with Gasteiger partial charge in [-0.2, -0.15) is 0 Å². The van der Waals surface area contributed by atoms with Crippen molar-refractivity contribution in [2.24, 2.45) is 39.9 Å². The predicted octanol–water partition coefficient (Wildman–Crippen LogP) is 5.36. The van der Waals surface area contributed by atoms with Crippen LogP contribution in [-0.2, 0) is 9.59 Å². The van der Waals surface area contributed by atoms with Crippen LogP contribution in [0.25, 0.3) is 0 Å². The number of allylic oxidation sites excluding steroid dienone is 1. The smallest absolute Gasteiger partial charge is 0.155 e. The molecular weight excluding hydrogens is 308 g/mol. The monoisotopic (exact) mass is 342 g/mol. The molecule has 0 saturated heterocycles. The van der Waals surface area contributed by atoms with Gasteiger partial charge in [0.2, 0.25) is 0 Å². The standard InChI is InChI=1S/C23H34O2/c1-14-12-20-18-7-6-16-13-17(25)8-10-21(16,3)19(18)9-11-22(20,4)23(14,5)15(2)24/h13-14,18-20H,6-12H2,1-5H3/t14-,18+,19-,20-,21-,22-,23+/m0/s1. The van der Waals surface area contributed by atoms with Crippen LogP contribution in [0.4, 0.5) is 0 Å². The second-order valence-electron chi connectivity index (χ2n) is 10.3. The second kappa shape index (κ2) is 5.30. The van der Waals surface area contributed by atoms with E-state index in [1.54, 1.807) is 0 Å². The largest absolute Gasteiger partial charge is 0.299 e. The van der Waals surface area contributed by atoms with Gasteiger partial charge in [-0.05, 0) is 86.0 Å². The van der Waals surface area contributed by atoms with E-state index in [0.29, 0.717) is 29.3 Å². The molecule has 0 N–H and O–H groups in total. The lowest BCUT2D eigenvalue weighted by Crippen LogP contribution is -2.53. The highest BCUT2D eigenvalue weighted by Crippen LogP contribution is 2.71. The maximum atomic E-state index is 12.7. The van der Waals surface area contributed by atoms with Gasteiger partial charge in [0.15, 0.2) is 5.78 Å². The summed E-state index contributed by atoms with van der Waals surface area (Å²) in [5.41, 5.74) is 1.66. The number of fused-ring (bicyclic) bond motifs is 5. The minimum Gasteiger partial charge on any atom is -0.299 e. The summed E-state index contributed by atoms with van der Waals surface area (Å²) in [7, 11) is 0. The lowest BCUT2D eigenvalue weighted by molar-refractivity contribution is -0.141. The predicted molar refractivity (Wildman–Crippen MR) is 100 cm³/mol. The van der Waals surface area contributed by atoms with Gasteiger partial charge in [0.1, 0.15) is 5.78 Å². The van der Waals surface area contributed by atoms with Crippen molar-refractivity contribution in [3.8, 4) is 0 Å². The van der Waals surface area contributed by atoms with Crippen LogP contribution in [0.15, 0.2) is 11.6 Å². The Bertz CT molecular complexity index is 661. The van der Waals surface area contributed by atoms with Gasteiger partial charge in [0.05, 0.1) is 0 Å². The minimum absolute atomic E-state index is 0.154. The zero-order chi connectivity index (χ0) is 18.2. The average molecular weight is 343 g/mol. The van der Waals surface area contributed by atoms with E-state index in [0.717, 1.165) is 25.2 Å². The van der Waals surface area contributed by atoms with E-state index in [-0.39, 0.29) is 16.2 Å². The van der Waals surface area contributed by atoms with Crippen LogP contribution in [-0.4, -0.2) is 11.6 Å². The molecule has 2 nitrogen and oxygen atoms in total. The zero-order valence-corrected chi connectivity index (χ0v) is 16.7. The Morgan fingerprint density at radius 1 is 1.08 bits per heavy atom. The molecule has 0 radical (unpaired) electrons. The van der Waals surface area contributed by atoms with E-state index in [2.05, 4.69) is 27.7 Å². The number of Topliss-reactive ketones (excluding diaryl/α,β-unsaturated/α-hetero) is 1. The van der Waals surface area contributed by atoms with Crippen molar-refractivity contribution >= 4 is 11.6 Å². The number of hydrogen-bond donors (Lipinski definition) is 0. The molecule has 138 valence electrons. The Morgan fingerprint density at radius 3 is 2.48 bits per heavy atom. The normalized spacial score (nSPS) is 52.0. The molecule has 4 aliphatic carbocycles. The summed E-state index contributed by atoms with van der Waals surface area (Å²) in [5.74, 6) is 3.33. The fraction of sp³-hybridized carbons (Fsp3) is 0.826. The summed E-state index contributed by atoms with van der Waals surface area (Å²) in [4.78, 5) is 24.6. The molecule has 0 unspecified atom stereocenters. The lowest BCUT2D eigenvalue weighted by atomic mass is 9.45. The van der Waals surface area contributed by atoms with Crippen molar-refractivity contribution in [3.63, 3.8) is 0 Å². The van der Waals surface area contributed by atoms with Crippen LogP contribution < -0.4 is 0 Å². The van der Waals surface area contributed by atoms with Gasteiger partial charge in [-0.1, -0.05) is 33.3 Å². The molecule has 0 aromatic heterocycles. The van der Waals surface area contributed by atoms with E-state index in [4.69, 9.17) is 0 Å². The Kier molecular flexibility index (Phi) is 3.71. The van der Waals surface area contributed by atoms with Gasteiger partial charge in [-0.25, -0.2) is 0 Å². The van der Waals surface area contributed by atoms with E-state index in [1.165, 1.54) is 31.3 Å². The number of carbonyl (C=O) groups excluding carboxylic acids is 2. The maximum Gasteiger partial charge on any atom is 0.155 e. The van der Waals surface area contributed by atoms with Crippen molar-refractivity contribution < 1.29 is 9.59 Å². The molecule has 0 heterocycles. The summed E-state index contributed by atoms with van der Waals surface area (Å²) in [6.07, 6.45) is 9.70. The molecule has 0 spiro atoms. The highest BCUT2D eigenvalue weighted by atomic mass is 16.1. The molecule has 25 heavy (non-hydrogen) atoms. The number of ketones is 2. The Morgan fingerprint density at radius 2 is 1.80 bits per heavy atom. The molecule has 0 aromatic rings. The summed E-state index contributed by atoms with van der Waals surface area (Å²) in [5, 5.41) is 0. The Labute approximate surface area is 152 Å². The highest BCUT2D eigenvalue weighted by Gasteiger charge is 2.66. The molecular formula is C23H34O2. The molecule has 0 amide bonds. The SMILES string of the molecule is CC(=O)[C@@]1(C)[C@@H](C)C[C@H]2[C@@H]3CCC4=CC(=O)CC[C@]4(C)[C@H]3CC[C@@]21C. The maximum absolute atomic E-state index is 12.7. The minimum atomic E-state index is -0.164. The van der Waals surface area contributed by atoms with E-state index >= 15 is 0 Å². The molecule has 4 rings (SSSR count). The molecule has 7 atom stereocenters. The van der Waals surface area contributed by atoms with Crippen LogP contribution in [0, 0.1) is 39.9 Å². The van der Waals surface area contributed by atoms with Crippen molar-refractivity contribution in [1.29, 1.82) is 0 Å². The number of rotatable bonds is 1. The number of hydrogen-bond acceptors (Lipinski definition) is 2. The first kappa shape index (κ1) is 17.5. The Hall–Kier alpha value is -0.920. The second-order valence-corrected chi connectivity index (χ2v) is 10.3. The van der Waals surface area contributed by atoms with Gasteiger partial charge < -0.3 is 0 Å². The first-order chi connectivity index (χ1) is 11.6. The topological polar surface area (TPSA) is 34.1 Å². The van der Waals surface area contributed by atoms with Gasteiger partial charge in [0.25, 0.3) is 0 Å². The molecule has 2 heteroatoms. The third kappa shape index (κ3) is 2.03.